The van der Waals surface area contributed by atoms with E-state index in [2.05, 4.69) is 35.0 Å². The van der Waals surface area contributed by atoms with Gasteiger partial charge in [-0.3, -0.25) is 0 Å². The smallest absolute Gasteiger partial charge is 0.122 e. The molecule has 1 unspecified atom stereocenters. The van der Waals surface area contributed by atoms with Gasteiger partial charge in [-0.25, -0.2) is 0 Å². The Balaban J connectivity index is 2.05. The van der Waals surface area contributed by atoms with E-state index in [0.717, 1.165) is 28.8 Å². The molecule has 1 nitrogen and oxygen atoms in total. The third-order valence-electron chi connectivity index (χ3n) is 2.67. The molecular weight excluding hydrogens is 300 g/mol. The maximum Gasteiger partial charge on any atom is 0.122 e. The molecule has 3 heteroatoms. The van der Waals surface area contributed by atoms with Gasteiger partial charge in [-0.05, 0) is 36.2 Å². The molecule has 0 aliphatic rings. The molecule has 1 aromatic heterocycles. The first kappa shape index (κ1) is 12.7. The Bertz CT molecular complexity index is 475. The van der Waals surface area contributed by atoms with Gasteiger partial charge in [0.05, 0.1) is 5.38 Å². The Morgan fingerprint density at radius 3 is 2.47 bits per heavy atom. The molecule has 0 bridgehead atoms. The Labute approximate surface area is 115 Å². The molecule has 0 N–H and O–H groups in total. The molecular formula is C14H14BrClO. The minimum Gasteiger partial charge on any atom is -0.465 e. The second kappa shape index (κ2) is 5.74. The minimum atomic E-state index is -0.100. The first-order valence-electron chi connectivity index (χ1n) is 5.66. The fourth-order valence-electron chi connectivity index (χ4n) is 1.68. The molecule has 17 heavy (non-hydrogen) atoms. The third-order valence-corrected chi connectivity index (χ3v) is 3.57. The number of hydrogen-bond donors (Lipinski definition) is 0. The van der Waals surface area contributed by atoms with Crippen LogP contribution in [0.15, 0.2) is 45.3 Å². The van der Waals surface area contributed by atoms with E-state index >= 15 is 0 Å². The highest BCUT2D eigenvalue weighted by Gasteiger charge is 2.13. The maximum absolute atomic E-state index is 6.35. The van der Waals surface area contributed by atoms with Crippen LogP contribution < -0.4 is 0 Å². The average Bonchev–Trinajstić information content (AvgIpc) is 2.81. The Morgan fingerprint density at radius 1 is 1.18 bits per heavy atom. The molecule has 1 aromatic carbocycles. The third kappa shape index (κ3) is 3.36. The zero-order chi connectivity index (χ0) is 12.3. The lowest BCUT2D eigenvalue weighted by molar-refractivity contribution is 0.464. The molecule has 2 rings (SSSR count). The van der Waals surface area contributed by atoms with Crippen LogP contribution in [-0.2, 0) is 12.8 Å². The topological polar surface area (TPSA) is 13.1 Å². The lowest BCUT2D eigenvalue weighted by atomic mass is 10.1. The van der Waals surface area contributed by atoms with E-state index < -0.39 is 0 Å². The number of halogens is 2. The maximum atomic E-state index is 6.35. The lowest BCUT2D eigenvalue weighted by Gasteiger charge is -2.06. The van der Waals surface area contributed by atoms with E-state index in [1.54, 1.807) is 0 Å². The van der Waals surface area contributed by atoms with Gasteiger partial charge in [0.1, 0.15) is 11.5 Å². The van der Waals surface area contributed by atoms with E-state index in [1.807, 2.05) is 24.3 Å². The molecule has 0 amide bonds. The quantitative estimate of drug-likeness (QED) is 0.713. The predicted octanol–water partition coefficient (Wildman–Crippen LogP) is 5.13. The van der Waals surface area contributed by atoms with Gasteiger partial charge in [0.25, 0.3) is 0 Å². The molecule has 0 saturated carbocycles. The van der Waals surface area contributed by atoms with Crippen molar-refractivity contribution in [2.24, 2.45) is 0 Å². The van der Waals surface area contributed by atoms with Gasteiger partial charge in [-0.2, -0.15) is 0 Å². The van der Waals surface area contributed by atoms with Gasteiger partial charge in [0, 0.05) is 10.9 Å². The second-order valence-corrected chi connectivity index (χ2v) is 5.40. The highest BCUT2D eigenvalue weighted by molar-refractivity contribution is 9.10. The molecule has 0 aliphatic carbocycles. The standard InChI is InChI=1S/C14H14BrClO/c1-2-12-7-8-14(17-12)13(16)9-10-3-5-11(15)6-4-10/h3-8,13H,2,9H2,1H3. The fraction of sp³-hybridized carbons (Fsp3) is 0.286. The van der Waals surface area contributed by atoms with E-state index in [9.17, 15) is 0 Å². The van der Waals surface area contributed by atoms with Crippen LogP contribution in [0.3, 0.4) is 0 Å². The summed E-state index contributed by atoms with van der Waals surface area (Å²) >= 11 is 9.76. The first-order chi connectivity index (χ1) is 8.19. The predicted molar refractivity (Wildman–Crippen MR) is 74.5 cm³/mol. The van der Waals surface area contributed by atoms with Crippen LogP contribution >= 0.6 is 27.5 Å². The Morgan fingerprint density at radius 2 is 1.88 bits per heavy atom. The number of hydrogen-bond acceptors (Lipinski definition) is 1. The van der Waals surface area contributed by atoms with Crippen molar-refractivity contribution in [1.29, 1.82) is 0 Å². The van der Waals surface area contributed by atoms with Crippen LogP contribution in [0, 0.1) is 0 Å². The number of alkyl halides is 1. The molecule has 0 radical (unpaired) electrons. The average molecular weight is 314 g/mol. The molecule has 0 spiro atoms. The molecule has 1 atom stereocenters. The van der Waals surface area contributed by atoms with Crippen LogP contribution in [0.5, 0.6) is 0 Å². The fourth-order valence-corrected chi connectivity index (χ4v) is 2.24. The molecule has 90 valence electrons. The van der Waals surface area contributed by atoms with Crippen molar-refractivity contribution in [2.75, 3.05) is 0 Å². The van der Waals surface area contributed by atoms with Crippen molar-refractivity contribution < 1.29 is 4.42 Å². The SMILES string of the molecule is CCc1ccc(C(Cl)Cc2ccc(Br)cc2)o1. The summed E-state index contributed by atoms with van der Waals surface area (Å²) in [5.74, 6) is 1.84. The van der Waals surface area contributed by atoms with Crippen LogP contribution in [0.4, 0.5) is 0 Å². The Hall–Kier alpha value is -0.730. The van der Waals surface area contributed by atoms with Crippen molar-refractivity contribution in [3.8, 4) is 0 Å². The summed E-state index contributed by atoms with van der Waals surface area (Å²) in [5, 5.41) is -0.100. The molecule has 1 heterocycles. The van der Waals surface area contributed by atoms with Crippen molar-refractivity contribution in [3.63, 3.8) is 0 Å². The summed E-state index contributed by atoms with van der Waals surface area (Å²) in [7, 11) is 0. The Kier molecular flexibility index (Phi) is 4.30. The normalized spacial score (nSPS) is 12.6. The number of benzene rings is 1. The lowest BCUT2D eigenvalue weighted by Crippen LogP contribution is -1.94. The number of aryl methyl sites for hydroxylation is 1. The van der Waals surface area contributed by atoms with Crippen molar-refractivity contribution in [1.82, 2.24) is 0 Å². The first-order valence-corrected chi connectivity index (χ1v) is 6.89. The van der Waals surface area contributed by atoms with Gasteiger partial charge in [0.2, 0.25) is 0 Å². The number of rotatable bonds is 4. The summed E-state index contributed by atoms with van der Waals surface area (Å²) in [5.41, 5.74) is 1.21. The van der Waals surface area contributed by atoms with Gasteiger partial charge in [-0.1, -0.05) is 35.0 Å². The summed E-state index contributed by atoms with van der Waals surface area (Å²) in [6, 6.07) is 12.2. The van der Waals surface area contributed by atoms with Crippen molar-refractivity contribution >= 4 is 27.5 Å². The van der Waals surface area contributed by atoms with E-state index in [4.69, 9.17) is 16.0 Å². The summed E-state index contributed by atoms with van der Waals surface area (Å²) < 4.78 is 6.73. The highest BCUT2D eigenvalue weighted by atomic mass is 79.9. The van der Waals surface area contributed by atoms with Crippen LogP contribution in [0.1, 0.15) is 29.4 Å². The van der Waals surface area contributed by atoms with Gasteiger partial charge >= 0.3 is 0 Å². The van der Waals surface area contributed by atoms with Crippen molar-refractivity contribution in [3.05, 3.63) is 58.0 Å². The summed E-state index contributed by atoms with van der Waals surface area (Å²) in [6.45, 7) is 2.07. The summed E-state index contributed by atoms with van der Waals surface area (Å²) in [4.78, 5) is 0. The van der Waals surface area contributed by atoms with E-state index in [1.165, 1.54) is 5.56 Å². The van der Waals surface area contributed by atoms with Gasteiger partial charge < -0.3 is 4.42 Å². The van der Waals surface area contributed by atoms with Gasteiger partial charge in [-0.15, -0.1) is 11.6 Å². The zero-order valence-electron chi connectivity index (χ0n) is 9.62. The largest absolute Gasteiger partial charge is 0.465 e. The molecule has 2 aromatic rings. The van der Waals surface area contributed by atoms with Crippen LogP contribution in [0.2, 0.25) is 0 Å². The van der Waals surface area contributed by atoms with Crippen LogP contribution in [0.25, 0.3) is 0 Å². The molecule has 0 saturated heterocycles. The van der Waals surface area contributed by atoms with E-state index in [-0.39, 0.29) is 5.38 Å². The molecule has 0 fully saturated rings. The number of furan rings is 1. The summed E-state index contributed by atoms with van der Waals surface area (Å²) in [6.07, 6.45) is 1.69. The van der Waals surface area contributed by atoms with Crippen LogP contribution in [-0.4, -0.2) is 0 Å². The van der Waals surface area contributed by atoms with E-state index in [0.29, 0.717) is 0 Å². The van der Waals surface area contributed by atoms with Gasteiger partial charge in [0.15, 0.2) is 0 Å². The second-order valence-electron chi connectivity index (χ2n) is 3.96. The molecule has 0 aliphatic heterocycles. The highest BCUT2D eigenvalue weighted by Crippen LogP contribution is 2.27. The zero-order valence-corrected chi connectivity index (χ0v) is 12.0. The van der Waals surface area contributed by atoms with Crippen molar-refractivity contribution in [2.45, 2.75) is 25.1 Å². The monoisotopic (exact) mass is 312 g/mol. The minimum absolute atomic E-state index is 0.100.